The Morgan fingerprint density at radius 3 is 2.24 bits per heavy atom. The van der Waals surface area contributed by atoms with Gasteiger partial charge in [-0.05, 0) is 37.0 Å². The summed E-state index contributed by atoms with van der Waals surface area (Å²) in [5.74, 6) is 2.72. The van der Waals surface area contributed by atoms with Gasteiger partial charge in [0.05, 0.1) is 6.17 Å². The lowest BCUT2D eigenvalue weighted by Crippen LogP contribution is -2.56. The molecule has 0 atom stereocenters. The predicted octanol–water partition coefficient (Wildman–Crippen LogP) is 3.14. The van der Waals surface area contributed by atoms with Crippen molar-refractivity contribution in [2.75, 3.05) is 13.1 Å². The summed E-state index contributed by atoms with van der Waals surface area (Å²) in [6, 6.07) is 0. The van der Waals surface area contributed by atoms with Crippen LogP contribution in [0.1, 0.15) is 58.8 Å². The second kappa shape index (κ2) is 6.75. The zero-order valence-electron chi connectivity index (χ0n) is 11.7. The topological polar surface area (TPSA) is 24.1 Å². The van der Waals surface area contributed by atoms with E-state index in [4.69, 9.17) is 0 Å². The van der Waals surface area contributed by atoms with Crippen LogP contribution in [0.5, 0.6) is 0 Å². The van der Waals surface area contributed by atoms with Crippen LogP contribution < -0.4 is 10.6 Å². The van der Waals surface area contributed by atoms with E-state index in [1.165, 1.54) is 58.0 Å². The highest BCUT2D eigenvalue weighted by molar-refractivity contribution is 4.84. The van der Waals surface area contributed by atoms with Crippen molar-refractivity contribution >= 4 is 0 Å². The molecule has 0 spiro atoms. The van der Waals surface area contributed by atoms with E-state index in [0.717, 1.165) is 17.8 Å². The summed E-state index contributed by atoms with van der Waals surface area (Å²) < 4.78 is 0. The molecule has 2 N–H and O–H groups in total. The monoisotopic (exact) mass is 238 g/mol. The van der Waals surface area contributed by atoms with E-state index in [1.54, 1.807) is 0 Å². The fourth-order valence-corrected chi connectivity index (χ4v) is 3.38. The summed E-state index contributed by atoms with van der Waals surface area (Å²) in [5, 5.41) is 7.50. The molecular weight excluding hydrogens is 208 g/mol. The van der Waals surface area contributed by atoms with E-state index >= 15 is 0 Å². The molecule has 1 aliphatic carbocycles. The Labute approximate surface area is 107 Å². The highest BCUT2D eigenvalue weighted by atomic mass is 15.2. The van der Waals surface area contributed by atoms with Gasteiger partial charge in [0.1, 0.15) is 0 Å². The lowest BCUT2D eigenvalue weighted by molar-refractivity contribution is 0.166. The Hall–Kier alpha value is -0.0800. The summed E-state index contributed by atoms with van der Waals surface area (Å²) in [7, 11) is 0. The molecule has 2 nitrogen and oxygen atoms in total. The molecule has 0 amide bonds. The molecular formula is C15H30N2. The van der Waals surface area contributed by atoms with Crippen LogP contribution >= 0.6 is 0 Å². The first-order valence-electron chi connectivity index (χ1n) is 7.76. The van der Waals surface area contributed by atoms with Crippen molar-refractivity contribution in [3.8, 4) is 0 Å². The van der Waals surface area contributed by atoms with Gasteiger partial charge in [-0.15, -0.1) is 0 Å². The van der Waals surface area contributed by atoms with Crippen molar-refractivity contribution in [3.63, 3.8) is 0 Å². The SMILES string of the molecule is CCCCC1CNC(C2CCC(C)CC2)NC1. The summed E-state index contributed by atoms with van der Waals surface area (Å²) in [5.41, 5.74) is 0. The zero-order valence-corrected chi connectivity index (χ0v) is 11.7. The van der Waals surface area contributed by atoms with Crippen LogP contribution in [0.4, 0.5) is 0 Å². The molecule has 1 heterocycles. The summed E-state index contributed by atoms with van der Waals surface area (Å²) in [4.78, 5) is 0. The fourth-order valence-electron chi connectivity index (χ4n) is 3.38. The minimum atomic E-state index is 0.611. The maximum atomic E-state index is 3.75. The molecule has 2 heteroatoms. The van der Waals surface area contributed by atoms with Gasteiger partial charge >= 0.3 is 0 Å². The van der Waals surface area contributed by atoms with Gasteiger partial charge < -0.3 is 10.6 Å². The molecule has 0 radical (unpaired) electrons. The van der Waals surface area contributed by atoms with Crippen LogP contribution in [-0.4, -0.2) is 19.3 Å². The fraction of sp³-hybridized carbons (Fsp3) is 1.00. The normalized spacial score (nSPS) is 39.2. The van der Waals surface area contributed by atoms with E-state index < -0.39 is 0 Å². The quantitative estimate of drug-likeness (QED) is 0.786. The Morgan fingerprint density at radius 1 is 1.00 bits per heavy atom. The maximum Gasteiger partial charge on any atom is 0.0600 e. The minimum absolute atomic E-state index is 0.611. The lowest BCUT2D eigenvalue weighted by atomic mass is 9.80. The third-order valence-corrected chi connectivity index (χ3v) is 4.75. The lowest BCUT2D eigenvalue weighted by Gasteiger charge is -2.38. The molecule has 0 unspecified atom stereocenters. The van der Waals surface area contributed by atoms with E-state index in [2.05, 4.69) is 24.5 Å². The average Bonchev–Trinajstić information content (AvgIpc) is 2.38. The first kappa shape index (κ1) is 13.4. The molecule has 0 bridgehead atoms. The first-order chi connectivity index (χ1) is 8.29. The predicted molar refractivity (Wildman–Crippen MR) is 73.9 cm³/mol. The van der Waals surface area contributed by atoms with E-state index in [9.17, 15) is 0 Å². The van der Waals surface area contributed by atoms with Crippen LogP contribution in [-0.2, 0) is 0 Å². The number of nitrogens with one attached hydrogen (secondary N) is 2. The second-order valence-electron chi connectivity index (χ2n) is 6.32. The van der Waals surface area contributed by atoms with Crippen molar-refractivity contribution in [2.45, 2.75) is 65.0 Å². The third kappa shape index (κ3) is 3.96. The van der Waals surface area contributed by atoms with E-state index in [-0.39, 0.29) is 0 Å². The van der Waals surface area contributed by atoms with Crippen LogP contribution in [0.15, 0.2) is 0 Å². The van der Waals surface area contributed by atoms with Gasteiger partial charge in [0.2, 0.25) is 0 Å². The van der Waals surface area contributed by atoms with Gasteiger partial charge in [0.25, 0.3) is 0 Å². The Kier molecular flexibility index (Phi) is 5.30. The molecule has 2 aliphatic rings. The van der Waals surface area contributed by atoms with Crippen molar-refractivity contribution in [3.05, 3.63) is 0 Å². The second-order valence-corrected chi connectivity index (χ2v) is 6.32. The summed E-state index contributed by atoms with van der Waals surface area (Å²) in [6.45, 7) is 7.17. The van der Waals surface area contributed by atoms with Crippen LogP contribution in [0, 0.1) is 17.8 Å². The maximum absolute atomic E-state index is 3.75. The first-order valence-corrected chi connectivity index (χ1v) is 7.76. The third-order valence-electron chi connectivity index (χ3n) is 4.75. The number of rotatable bonds is 4. The molecule has 1 aliphatic heterocycles. The van der Waals surface area contributed by atoms with Crippen molar-refractivity contribution in [2.24, 2.45) is 17.8 Å². The summed E-state index contributed by atoms with van der Waals surface area (Å²) >= 11 is 0. The molecule has 100 valence electrons. The Bertz CT molecular complexity index is 201. The van der Waals surface area contributed by atoms with Crippen LogP contribution in [0.3, 0.4) is 0 Å². The molecule has 0 aromatic heterocycles. The number of unbranched alkanes of at least 4 members (excludes halogenated alkanes) is 1. The van der Waals surface area contributed by atoms with Crippen LogP contribution in [0.25, 0.3) is 0 Å². The Morgan fingerprint density at radius 2 is 1.65 bits per heavy atom. The highest BCUT2D eigenvalue weighted by Gasteiger charge is 2.28. The molecule has 0 aromatic carbocycles. The molecule has 1 saturated heterocycles. The molecule has 0 aromatic rings. The van der Waals surface area contributed by atoms with Crippen LogP contribution in [0.2, 0.25) is 0 Å². The number of hydrogen-bond donors (Lipinski definition) is 2. The van der Waals surface area contributed by atoms with Crippen molar-refractivity contribution < 1.29 is 0 Å². The van der Waals surface area contributed by atoms with E-state index in [0.29, 0.717) is 6.17 Å². The number of hydrogen-bond acceptors (Lipinski definition) is 2. The van der Waals surface area contributed by atoms with Gasteiger partial charge in [-0.3, -0.25) is 0 Å². The van der Waals surface area contributed by atoms with Crippen molar-refractivity contribution in [1.29, 1.82) is 0 Å². The van der Waals surface area contributed by atoms with Gasteiger partial charge in [0.15, 0.2) is 0 Å². The Balaban J connectivity index is 1.68. The van der Waals surface area contributed by atoms with E-state index in [1.807, 2.05) is 0 Å². The highest BCUT2D eigenvalue weighted by Crippen LogP contribution is 2.30. The molecule has 2 rings (SSSR count). The standard InChI is InChI=1S/C15H30N2/c1-3-4-5-13-10-16-15(17-11-13)14-8-6-12(2)7-9-14/h12-17H,3-11H2,1-2H3. The zero-order chi connectivity index (χ0) is 12.1. The van der Waals surface area contributed by atoms with Gasteiger partial charge in [-0.2, -0.15) is 0 Å². The average molecular weight is 238 g/mol. The minimum Gasteiger partial charge on any atom is -0.301 e. The van der Waals surface area contributed by atoms with Gasteiger partial charge in [-0.25, -0.2) is 0 Å². The smallest absolute Gasteiger partial charge is 0.0600 e. The van der Waals surface area contributed by atoms with Gasteiger partial charge in [0, 0.05) is 13.1 Å². The van der Waals surface area contributed by atoms with Crippen molar-refractivity contribution in [1.82, 2.24) is 10.6 Å². The summed E-state index contributed by atoms with van der Waals surface area (Å²) in [6.07, 6.45) is 10.4. The molecule has 2 fully saturated rings. The van der Waals surface area contributed by atoms with Gasteiger partial charge in [-0.1, -0.05) is 39.5 Å². The molecule has 1 saturated carbocycles. The largest absolute Gasteiger partial charge is 0.301 e. The molecule has 17 heavy (non-hydrogen) atoms.